The molecular formula is C25H17N5O6. The Labute approximate surface area is 203 Å². The number of nitrogens with one attached hydrogen (secondary N) is 1. The van der Waals surface area contributed by atoms with E-state index in [-0.39, 0.29) is 29.8 Å². The maximum absolute atomic E-state index is 12.5. The largest absolute Gasteiger partial charge is 0.416 e. The van der Waals surface area contributed by atoms with Gasteiger partial charge in [0.05, 0.1) is 16.1 Å². The number of amides is 3. The van der Waals surface area contributed by atoms with Crippen molar-refractivity contribution < 1.29 is 23.7 Å². The first-order valence-corrected chi connectivity index (χ1v) is 10.8. The zero-order chi connectivity index (χ0) is 25.2. The molecule has 0 bridgehead atoms. The van der Waals surface area contributed by atoms with Crippen LogP contribution in [0.5, 0.6) is 0 Å². The average molecular weight is 483 g/mol. The summed E-state index contributed by atoms with van der Waals surface area (Å²) in [5, 5.41) is 21.8. The second kappa shape index (κ2) is 9.22. The van der Waals surface area contributed by atoms with Crippen LogP contribution in [0, 0.1) is 10.1 Å². The molecule has 1 aromatic heterocycles. The first-order chi connectivity index (χ1) is 17.4. The van der Waals surface area contributed by atoms with E-state index >= 15 is 0 Å². The number of nitrogens with zero attached hydrogens (tertiary/aromatic N) is 4. The average Bonchev–Trinajstić information content (AvgIpc) is 3.47. The minimum atomic E-state index is -0.662. The van der Waals surface area contributed by atoms with Crippen molar-refractivity contribution in [1.82, 2.24) is 15.1 Å². The number of fused-ring (bicyclic) bond motifs is 1. The number of nitro benzene ring substituents is 1. The van der Waals surface area contributed by atoms with Crippen LogP contribution in [0.4, 0.5) is 11.4 Å². The van der Waals surface area contributed by atoms with Crippen molar-refractivity contribution in [2.45, 2.75) is 6.42 Å². The molecular weight excluding hydrogens is 466 g/mol. The standard InChI is InChI=1S/C25H17N5O6/c31-21(12-13-29-24(32)19-11-10-18(30(34)35)14-20(19)25(29)33)26-17-8-6-16(7-9-17)23-28-27-22(36-23)15-4-2-1-3-5-15/h1-11,14H,12-13H2,(H,26,31). The van der Waals surface area contributed by atoms with Crippen LogP contribution in [0.1, 0.15) is 27.1 Å². The maximum Gasteiger partial charge on any atom is 0.270 e. The fraction of sp³-hybridized carbons (Fsp3) is 0.0800. The molecule has 3 amide bonds. The van der Waals surface area contributed by atoms with Crippen LogP contribution in [-0.4, -0.2) is 44.3 Å². The summed E-state index contributed by atoms with van der Waals surface area (Å²) in [5.41, 5.74) is 1.73. The van der Waals surface area contributed by atoms with E-state index in [4.69, 9.17) is 4.42 Å². The molecule has 0 fully saturated rings. The van der Waals surface area contributed by atoms with Crippen LogP contribution in [0.2, 0.25) is 0 Å². The van der Waals surface area contributed by atoms with E-state index in [1.807, 2.05) is 30.3 Å². The second-order valence-corrected chi connectivity index (χ2v) is 7.90. The van der Waals surface area contributed by atoms with Gasteiger partial charge in [0, 0.05) is 41.9 Å². The molecule has 0 aliphatic carbocycles. The molecule has 0 spiro atoms. The Kier molecular flexibility index (Phi) is 5.79. The normalized spacial score (nSPS) is 12.5. The van der Waals surface area contributed by atoms with Crippen LogP contribution in [0.25, 0.3) is 22.9 Å². The summed E-state index contributed by atoms with van der Waals surface area (Å²) in [7, 11) is 0. The van der Waals surface area contributed by atoms with Crippen LogP contribution < -0.4 is 5.32 Å². The van der Waals surface area contributed by atoms with E-state index in [1.54, 1.807) is 24.3 Å². The summed E-state index contributed by atoms with van der Waals surface area (Å²) < 4.78 is 5.72. The Bertz CT molecular complexity index is 1500. The molecule has 1 aliphatic rings. The number of hydrogen-bond donors (Lipinski definition) is 1. The minimum Gasteiger partial charge on any atom is -0.416 e. The number of carbonyl (C=O) groups is 3. The lowest BCUT2D eigenvalue weighted by Crippen LogP contribution is -2.32. The smallest absolute Gasteiger partial charge is 0.270 e. The lowest BCUT2D eigenvalue weighted by atomic mass is 10.1. The van der Waals surface area contributed by atoms with Crippen molar-refractivity contribution in [3.63, 3.8) is 0 Å². The van der Waals surface area contributed by atoms with E-state index in [0.717, 1.165) is 16.5 Å². The Morgan fingerprint density at radius 1 is 0.889 bits per heavy atom. The molecule has 2 heterocycles. The van der Waals surface area contributed by atoms with Crippen molar-refractivity contribution in [2.75, 3.05) is 11.9 Å². The lowest BCUT2D eigenvalue weighted by molar-refractivity contribution is -0.384. The number of rotatable bonds is 7. The molecule has 0 radical (unpaired) electrons. The van der Waals surface area contributed by atoms with E-state index in [0.29, 0.717) is 23.0 Å². The van der Waals surface area contributed by atoms with Crippen LogP contribution >= 0.6 is 0 Å². The molecule has 4 aromatic rings. The molecule has 178 valence electrons. The summed E-state index contributed by atoms with van der Waals surface area (Å²) in [6, 6.07) is 19.6. The number of nitro groups is 1. The Balaban J connectivity index is 1.19. The summed E-state index contributed by atoms with van der Waals surface area (Å²) in [6.45, 7) is -0.158. The van der Waals surface area contributed by atoms with Gasteiger partial charge in [-0.2, -0.15) is 0 Å². The lowest BCUT2D eigenvalue weighted by Gasteiger charge is -2.13. The number of benzene rings is 3. The zero-order valence-electron chi connectivity index (χ0n) is 18.6. The zero-order valence-corrected chi connectivity index (χ0v) is 18.6. The van der Waals surface area contributed by atoms with Gasteiger partial charge in [-0.15, -0.1) is 10.2 Å². The number of imide groups is 1. The van der Waals surface area contributed by atoms with Gasteiger partial charge in [0.2, 0.25) is 17.7 Å². The fourth-order valence-electron chi connectivity index (χ4n) is 3.77. The molecule has 0 saturated carbocycles. The second-order valence-electron chi connectivity index (χ2n) is 7.90. The Morgan fingerprint density at radius 3 is 2.19 bits per heavy atom. The minimum absolute atomic E-state index is 0.0401. The summed E-state index contributed by atoms with van der Waals surface area (Å²) in [6.07, 6.45) is -0.139. The third kappa shape index (κ3) is 4.32. The molecule has 3 aromatic carbocycles. The summed E-state index contributed by atoms with van der Waals surface area (Å²) in [5.74, 6) is -0.931. The quantitative estimate of drug-likeness (QED) is 0.236. The van der Waals surface area contributed by atoms with Crippen molar-refractivity contribution in [2.24, 2.45) is 0 Å². The Morgan fingerprint density at radius 2 is 1.53 bits per heavy atom. The van der Waals surface area contributed by atoms with Crippen molar-refractivity contribution >= 4 is 29.1 Å². The molecule has 1 N–H and O–H groups in total. The van der Waals surface area contributed by atoms with Gasteiger partial charge in [-0.3, -0.25) is 29.4 Å². The van der Waals surface area contributed by atoms with E-state index in [1.165, 1.54) is 12.1 Å². The molecule has 1 aliphatic heterocycles. The van der Waals surface area contributed by atoms with Crippen LogP contribution in [0.3, 0.4) is 0 Å². The number of carbonyl (C=O) groups excluding carboxylic acids is 3. The van der Waals surface area contributed by atoms with Crippen LogP contribution in [-0.2, 0) is 4.79 Å². The number of non-ortho nitro benzene ring substituents is 1. The highest BCUT2D eigenvalue weighted by atomic mass is 16.6. The van der Waals surface area contributed by atoms with Crippen molar-refractivity contribution in [3.8, 4) is 22.9 Å². The molecule has 0 saturated heterocycles. The van der Waals surface area contributed by atoms with Gasteiger partial charge < -0.3 is 9.73 Å². The topological polar surface area (TPSA) is 149 Å². The number of aromatic nitrogens is 2. The molecule has 36 heavy (non-hydrogen) atoms. The highest BCUT2D eigenvalue weighted by Crippen LogP contribution is 2.27. The van der Waals surface area contributed by atoms with Crippen molar-refractivity contribution in [3.05, 3.63) is 94.0 Å². The van der Waals surface area contributed by atoms with E-state index < -0.39 is 22.6 Å². The van der Waals surface area contributed by atoms with Gasteiger partial charge in [-0.25, -0.2) is 0 Å². The molecule has 11 heteroatoms. The molecule has 0 atom stereocenters. The van der Waals surface area contributed by atoms with E-state index in [2.05, 4.69) is 15.5 Å². The summed E-state index contributed by atoms with van der Waals surface area (Å²) >= 11 is 0. The van der Waals surface area contributed by atoms with Gasteiger partial charge in [0.15, 0.2) is 0 Å². The highest BCUT2D eigenvalue weighted by Gasteiger charge is 2.36. The SMILES string of the molecule is O=C(CCN1C(=O)c2ccc([N+](=O)[O-])cc2C1=O)Nc1ccc(-c2nnc(-c3ccccc3)o2)cc1. The van der Waals surface area contributed by atoms with Crippen molar-refractivity contribution in [1.29, 1.82) is 0 Å². The van der Waals surface area contributed by atoms with Gasteiger partial charge in [-0.05, 0) is 42.5 Å². The number of hydrogen-bond acceptors (Lipinski definition) is 8. The van der Waals surface area contributed by atoms with Gasteiger partial charge in [0.1, 0.15) is 0 Å². The van der Waals surface area contributed by atoms with Gasteiger partial charge >= 0.3 is 0 Å². The first kappa shape index (κ1) is 22.6. The number of anilines is 1. The first-order valence-electron chi connectivity index (χ1n) is 10.8. The predicted molar refractivity (Wildman–Crippen MR) is 127 cm³/mol. The van der Waals surface area contributed by atoms with Crippen LogP contribution in [0.15, 0.2) is 77.2 Å². The third-order valence-corrected chi connectivity index (χ3v) is 5.59. The molecule has 0 unspecified atom stereocenters. The fourth-order valence-corrected chi connectivity index (χ4v) is 3.77. The summed E-state index contributed by atoms with van der Waals surface area (Å²) in [4.78, 5) is 48.7. The highest BCUT2D eigenvalue weighted by molar-refractivity contribution is 6.21. The maximum atomic E-state index is 12.5. The van der Waals surface area contributed by atoms with E-state index in [9.17, 15) is 24.5 Å². The molecule has 5 rings (SSSR count). The van der Waals surface area contributed by atoms with Gasteiger partial charge in [0.25, 0.3) is 17.5 Å². The predicted octanol–water partition coefficient (Wildman–Crippen LogP) is 3.94. The monoisotopic (exact) mass is 483 g/mol. The molecule has 11 nitrogen and oxygen atoms in total. The van der Waals surface area contributed by atoms with Gasteiger partial charge in [-0.1, -0.05) is 18.2 Å². The third-order valence-electron chi connectivity index (χ3n) is 5.59. The Hall–Kier alpha value is -5.19.